The van der Waals surface area contributed by atoms with Gasteiger partial charge >= 0.3 is 0 Å². The van der Waals surface area contributed by atoms with Crippen LogP contribution in [0.3, 0.4) is 0 Å². The maximum atomic E-state index is 11.6. The fraction of sp³-hybridized carbons (Fsp3) is 0.500. The number of hydrogen-bond donors (Lipinski definition) is 2. The van der Waals surface area contributed by atoms with Crippen molar-refractivity contribution in [2.75, 3.05) is 23.3 Å². The number of piperazine rings is 1. The highest BCUT2D eigenvalue weighted by Gasteiger charge is 2.32. The van der Waals surface area contributed by atoms with Gasteiger partial charge in [-0.25, -0.2) is 0 Å². The Morgan fingerprint density at radius 2 is 2.16 bits per heavy atom. The van der Waals surface area contributed by atoms with E-state index in [1.54, 1.807) is 6.92 Å². The second-order valence-electron chi connectivity index (χ2n) is 3.97. The first-order chi connectivity index (χ1) is 9.01. The number of imide groups is 1. The first-order valence-electron chi connectivity index (χ1n) is 5.77. The van der Waals surface area contributed by atoms with E-state index in [1.165, 1.54) is 4.90 Å². The lowest BCUT2D eigenvalue weighted by Gasteiger charge is -2.31. The Morgan fingerprint density at radius 1 is 1.42 bits per heavy atom. The zero-order valence-corrected chi connectivity index (χ0v) is 11.2. The maximum Gasteiger partial charge on any atom is 0.249 e. The molecule has 0 radical (unpaired) electrons. The van der Waals surface area contributed by atoms with E-state index in [-0.39, 0.29) is 17.8 Å². The van der Waals surface area contributed by atoms with Crippen molar-refractivity contribution >= 4 is 35.3 Å². The second-order valence-corrected chi connectivity index (χ2v) is 4.31. The number of carbonyl (C=O) groups excluding carboxylic acids is 2. The molecule has 2 amide bonds. The van der Waals surface area contributed by atoms with Gasteiger partial charge in [0.25, 0.3) is 0 Å². The van der Waals surface area contributed by atoms with Crippen molar-refractivity contribution in [3.05, 3.63) is 5.28 Å². The molecule has 8 nitrogen and oxygen atoms in total. The van der Waals surface area contributed by atoms with Crippen molar-refractivity contribution in [2.45, 2.75) is 19.9 Å². The van der Waals surface area contributed by atoms with Gasteiger partial charge in [-0.3, -0.25) is 14.9 Å². The van der Waals surface area contributed by atoms with Gasteiger partial charge < -0.3 is 10.2 Å². The van der Waals surface area contributed by atoms with E-state index in [9.17, 15) is 9.59 Å². The largest absolute Gasteiger partial charge is 0.354 e. The van der Waals surface area contributed by atoms with Crippen LogP contribution in [0.4, 0.5) is 11.9 Å². The lowest BCUT2D eigenvalue weighted by Crippen LogP contribution is -2.57. The van der Waals surface area contributed by atoms with Gasteiger partial charge in [-0.2, -0.15) is 15.0 Å². The van der Waals surface area contributed by atoms with Crippen molar-refractivity contribution in [1.82, 2.24) is 20.3 Å². The Kier molecular flexibility index (Phi) is 3.79. The first-order valence-corrected chi connectivity index (χ1v) is 6.15. The number of nitrogens with one attached hydrogen (secondary N) is 2. The van der Waals surface area contributed by atoms with Crippen molar-refractivity contribution in [1.29, 1.82) is 0 Å². The summed E-state index contributed by atoms with van der Waals surface area (Å²) in [6.07, 6.45) is 0. The summed E-state index contributed by atoms with van der Waals surface area (Å²) in [6.45, 7) is 4.16. The molecule has 0 saturated carbocycles. The molecule has 1 aromatic rings. The Bertz CT molecular complexity index is 523. The third-order valence-electron chi connectivity index (χ3n) is 2.61. The SMILES string of the molecule is CCNc1nc(Cl)nc(N2CC(=O)NC(=O)C2C)n1. The molecule has 1 aromatic heterocycles. The maximum absolute atomic E-state index is 11.6. The van der Waals surface area contributed by atoms with Gasteiger partial charge in [-0.15, -0.1) is 0 Å². The lowest BCUT2D eigenvalue weighted by molar-refractivity contribution is -0.132. The highest BCUT2D eigenvalue weighted by atomic mass is 35.5. The molecular weight excluding hydrogens is 272 g/mol. The van der Waals surface area contributed by atoms with Crippen LogP contribution < -0.4 is 15.5 Å². The number of nitrogens with zero attached hydrogens (tertiary/aromatic N) is 4. The Morgan fingerprint density at radius 3 is 2.84 bits per heavy atom. The molecule has 1 unspecified atom stereocenters. The molecule has 1 aliphatic heterocycles. The van der Waals surface area contributed by atoms with E-state index in [0.717, 1.165) is 0 Å². The van der Waals surface area contributed by atoms with Crippen LogP contribution in [0.25, 0.3) is 0 Å². The van der Waals surface area contributed by atoms with Crippen molar-refractivity contribution in [2.24, 2.45) is 0 Å². The Hall–Kier alpha value is -1.96. The molecule has 9 heteroatoms. The summed E-state index contributed by atoms with van der Waals surface area (Å²) in [7, 11) is 0. The van der Waals surface area contributed by atoms with Crippen molar-refractivity contribution < 1.29 is 9.59 Å². The minimum Gasteiger partial charge on any atom is -0.354 e. The zero-order valence-electron chi connectivity index (χ0n) is 10.5. The van der Waals surface area contributed by atoms with Gasteiger partial charge in [0.1, 0.15) is 12.6 Å². The third kappa shape index (κ3) is 2.90. The van der Waals surface area contributed by atoms with Gasteiger partial charge in [0.05, 0.1) is 0 Å². The lowest BCUT2D eigenvalue weighted by atomic mass is 10.2. The number of rotatable bonds is 3. The molecule has 0 bridgehead atoms. The summed E-state index contributed by atoms with van der Waals surface area (Å²) in [4.78, 5) is 36.5. The summed E-state index contributed by atoms with van der Waals surface area (Å²) in [6, 6.07) is -0.550. The number of anilines is 2. The minimum atomic E-state index is -0.550. The topological polar surface area (TPSA) is 100 Å². The highest BCUT2D eigenvalue weighted by molar-refractivity contribution is 6.28. The van der Waals surface area contributed by atoms with Crippen LogP contribution in [0.15, 0.2) is 0 Å². The molecule has 102 valence electrons. The van der Waals surface area contributed by atoms with Crippen LogP contribution in [-0.4, -0.2) is 45.9 Å². The molecule has 1 atom stereocenters. The van der Waals surface area contributed by atoms with Gasteiger partial charge in [0.15, 0.2) is 0 Å². The van der Waals surface area contributed by atoms with Crippen LogP contribution in [-0.2, 0) is 9.59 Å². The second kappa shape index (κ2) is 5.35. The predicted octanol–water partition coefficient (Wildman–Crippen LogP) is -0.192. The predicted molar refractivity (Wildman–Crippen MR) is 69.0 cm³/mol. The summed E-state index contributed by atoms with van der Waals surface area (Å²) in [5, 5.41) is 5.16. The number of halogens is 1. The van der Waals surface area contributed by atoms with E-state index < -0.39 is 17.9 Å². The average molecular weight is 285 g/mol. The monoisotopic (exact) mass is 284 g/mol. The standard InChI is InChI=1S/C10H13ClN6O2/c1-3-12-9-14-8(11)15-10(16-9)17-4-6(18)13-7(19)5(17)2/h5H,3-4H2,1-2H3,(H,13,18,19)(H,12,14,15,16). The van der Waals surface area contributed by atoms with E-state index in [0.29, 0.717) is 12.5 Å². The van der Waals surface area contributed by atoms with Gasteiger partial charge in [-0.05, 0) is 25.4 Å². The molecule has 2 heterocycles. The van der Waals surface area contributed by atoms with Crippen LogP contribution in [0, 0.1) is 0 Å². The average Bonchev–Trinajstić information content (AvgIpc) is 2.33. The normalized spacial score (nSPS) is 19.3. The van der Waals surface area contributed by atoms with Crippen LogP contribution in [0.5, 0.6) is 0 Å². The summed E-state index contributed by atoms with van der Waals surface area (Å²) in [5.74, 6) is -0.280. The number of hydrogen-bond acceptors (Lipinski definition) is 7. The fourth-order valence-electron chi connectivity index (χ4n) is 1.66. The molecule has 0 aliphatic carbocycles. The van der Waals surface area contributed by atoms with E-state index in [1.807, 2.05) is 6.92 Å². The summed E-state index contributed by atoms with van der Waals surface area (Å²) in [5.41, 5.74) is 0. The molecule has 2 N–H and O–H groups in total. The molecule has 1 saturated heterocycles. The smallest absolute Gasteiger partial charge is 0.249 e. The molecule has 2 rings (SSSR count). The third-order valence-corrected chi connectivity index (χ3v) is 2.78. The summed E-state index contributed by atoms with van der Waals surface area (Å²) >= 11 is 5.81. The number of aromatic nitrogens is 3. The highest BCUT2D eigenvalue weighted by Crippen LogP contribution is 2.17. The molecule has 0 aromatic carbocycles. The fourth-order valence-corrected chi connectivity index (χ4v) is 1.82. The van der Waals surface area contributed by atoms with Gasteiger partial charge in [0.2, 0.25) is 29.0 Å². The summed E-state index contributed by atoms with van der Waals surface area (Å²) < 4.78 is 0. The Balaban J connectivity index is 2.34. The first kappa shape index (κ1) is 13.5. The van der Waals surface area contributed by atoms with Crippen LogP contribution in [0.1, 0.15) is 13.8 Å². The van der Waals surface area contributed by atoms with E-state index >= 15 is 0 Å². The zero-order chi connectivity index (χ0) is 14.0. The molecule has 1 aliphatic rings. The molecule has 0 spiro atoms. The van der Waals surface area contributed by atoms with E-state index in [2.05, 4.69) is 25.6 Å². The molecule has 19 heavy (non-hydrogen) atoms. The van der Waals surface area contributed by atoms with Crippen LogP contribution >= 0.6 is 11.6 Å². The van der Waals surface area contributed by atoms with Crippen molar-refractivity contribution in [3.63, 3.8) is 0 Å². The van der Waals surface area contributed by atoms with Crippen LogP contribution in [0.2, 0.25) is 5.28 Å². The molecular formula is C10H13ClN6O2. The number of amides is 2. The number of carbonyl (C=O) groups is 2. The Labute approximate surface area is 114 Å². The molecule has 1 fully saturated rings. The van der Waals surface area contributed by atoms with Crippen molar-refractivity contribution in [3.8, 4) is 0 Å². The van der Waals surface area contributed by atoms with Gasteiger partial charge in [0, 0.05) is 6.54 Å². The van der Waals surface area contributed by atoms with E-state index in [4.69, 9.17) is 11.6 Å². The van der Waals surface area contributed by atoms with Gasteiger partial charge in [-0.1, -0.05) is 0 Å². The quantitative estimate of drug-likeness (QED) is 0.742. The minimum absolute atomic E-state index is 0.00118.